The SMILES string of the molecule is C[C@@H]1CNCCN1S(=O)(=O)c1cccc(C(=O)NCCn2cccn2)c1.Cl. The second-order valence-corrected chi connectivity index (χ2v) is 8.11. The number of amides is 1. The van der Waals surface area contributed by atoms with E-state index < -0.39 is 10.0 Å². The largest absolute Gasteiger partial charge is 0.350 e. The van der Waals surface area contributed by atoms with Gasteiger partial charge in [0.15, 0.2) is 0 Å². The number of halogens is 1. The van der Waals surface area contributed by atoms with Gasteiger partial charge in [-0.2, -0.15) is 9.40 Å². The predicted octanol–water partition coefficient (Wildman–Crippen LogP) is 0.717. The van der Waals surface area contributed by atoms with Crippen molar-refractivity contribution in [3.8, 4) is 0 Å². The van der Waals surface area contributed by atoms with Crippen LogP contribution in [0.4, 0.5) is 0 Å². The molecule has 0 spiro atoms. The Morgan fingerprint density at radius 3 is 2.89 bits per heavy atom. The molecule has 2 N–H and O–H groups in total. The molecule has 10 heteroatoms. The van der Waals surface area contributed by atoms with E-state index in [1.54, 1.807) is 23.0 Å². The van der Waals surface area contributed by atoms with Crippen LogP contribution < -0.4 is 10.6 Å². The molecule has 1 atom stereocenters. The molecule has 27 heavy (non-hydrogen) atoms. The molecule has 0 radical (unpaired) electrons. The number of hydrogen-bond donors (Lipinski definition) is 2. The van der Waals surface area contributed by atoms with E-state index in [2.05, 4.69) is 15.7 Å². The molecule has 1 aliphatic heterocycles. The molecule has 0 saturated carbocycles. The Kier molecular flexibility index (Phi) is 7.37. The van der Waals surface area contributed by atoms with E-state index in [1.165, 1.54) is 16.4 Å². The maximum absolute atomic E-state index is 12.9. The van der Waals surface area contributed by atoms with Crippen molar-refractivity contribution in [3.63, 3.8) is 0 Å². The number of carbonyl (C=O) groups is 1. The molecule has 1 aromatic carbocycles. The molecule has 0 bridgehead atoms. The molecule has 1 aliphatic rings. The van der Waals surface area contributed by atoms with Crippen LogP contribution in [0.1, 0.15) is 17.3 Å². The highest BCUT2D eigenvalue weighted by Crippen LogP contribution is 2.20. The number of nitrogens with zero attached hydrogens (tertiary/aromatic N) is 3. The second-order valence-electron chi connectivity index (χ2n) is 6.22. The van der Waals surface area contributed by atoms with Crippen LogP contribution in [0.2, 0.25) is 0 Å². The average Bonchev–Trinajstić information content (AvgIpc) is 3.15. The Labute approximate surface area is 165 Å². The van der Waals surface area contributed by atoms with E-state index in [0.29, 0.717) is 38.3 Å². The van der Waals surface area contributed by atoms with Gasteiger partial charge in [0.05, 0.1) is 11.4 Å². The zero-order valence-electron chi connectivity index (χ0n) is 15.0. The highest BCUT2D eigenvalue weighted by atomic mass is 35.5. The Hall–Kier alpha value is -1.94. The summed E-state index contributed by atoms with van der Waals surface area (Å²) in [5, 5.41) is 10.0. The molecular formula is C17H24ClN5O3S. The molecule has 2 aromatic rings. The summed E-state index contributed by atoms with van der Waals surface area (Å²) in [6.45, 7) is 4.49. The van der Waals surface area contributed by atoms with Crippen molar-refractivity contribution < 1.29 is 13.2 Å². The number of nitrogens with one attached hydrogen (secondary N) is 2. The van der Waals surface area contributed by atoms with Crippen molar-refractivity contribution in [1.82, 2.24) is 24.7 Å². The maximum Gasteiger partial charge on any atom is 0.251 e. The minimum atomic E-state index is -3.62. The third kappa shape index (κ3) is 5.07. The minimum Gasteiger partial charge on any atom is -0.350 e. The van der Waals surface area contributed by atoms with Crippen LogP contribution in [0.15, 0.2) is 47.6 Å². The van der Waals surface area contributed by atoms with E-state index in [4.69, 9.17) is 0 Å². The van der Waals surface area contributed by atoms with Gasteiger partial charge in [0.1, 0.15) is 0 Å². The van der Waals surface area contributed by atoms with Crippen molar-refractivity contribution in [2.24, 2.45) is 0 Å². The summed E-state index contributed by atoms with van der Waals surface area (Å²) in [6.07, 6.45) is 3.49. The molecule has 1 aromatic heterocycles. The summed E-state index contributed by atoms with van der Waals surface area (Å²) in [5.74, 6) is -0.303. The van der Waals surface area contributed by atoms with Crippen molar-refractivity contribution in [1.29, 1.82) is 0 Å². The average molecular weight is 414 g/mol. The quantitative estimate of drug-likeness (QED) is 0.727. The zero-order chi connectivity index (χ0) is 18.6. The standard InChI is InChI=1S/C17H23N5O3S.ClH/c1-14-13-18-7-11-22(14)26(24,25)16-5-2-4-15(12-16)17(23)19-8-10-21-9-3-6-20-21;/h2-6,9,12,14,18H,7-8,10-11,13H2,1H3,(H,19,23);1H/t14-;/m1./s1. The zero-order valence-corrected chi connectivity index (χ0v) is 16.7. The highest BCUT2D eigenvalue weighted by Gasteiger charge is 2.31. The molecule has 8 nitrogen and oxygen atoms in total. The summed E-state index contributed by atoms with van der Waals surface area (Å²) in [4.78, 5) is 12.5. The van der Waals surface area contributed by atoms with Gasteiger partial charge < -0.3 is 10.6 Å². The fraction of sp³-hybridized carbons (Fsp3) is 0.412. The molecule has 0 aliphatic carbocycles. The lowest BCUT2D eigenvalue weighted by Gasteiger charge is -2.32. The number of sulfonamides is 1. The Morgan fingerprint density at radius 1 is 1.37 bits per heavy atom. The first-order valence-corrected chi connectivity index (χ1v) is 10.0. The van der Waals surface area contributed by atoms with Crippen LogP contribution in [0.25, 0.3) is 0 Å². The van der Waals surface area contributed by atoms with Gasteiger partial charge in [-0.05, 0) is 31.2 Å². The summed E-state index contributed by atoms with van der Waals surface area (Å²) in [5.41, 5.74) is 0.328. The third-order valence-corrected chi connectivity index (χ3v) is 6.34. The third-order valence-electron chi connectivity index (χ3n) is 4.33. The molecular weight excluding hydrogens is 390 g/mol. The predicted molar refractivity (Wildman–Crippen MR) is 104 cm³/mol. The van der Waals surface area contributed by atoms with Gasteiger partial charge in [-0.3, -0.25) is 9.48 Å². The van der Waals surface area contributed by atoms with Crippen molar-refractivity contribution in [3.05, 3.63) is 48.3 Å². The molecule has 3 rings (SSSR count). The van der Waals surface area contributed by atoms with E-state index in [-0.39, 0.29) is 29.3 Å². The topological polar surface area (TPSA) is 96.3 Å². The van der Waals surface area contributed by atoms with Gasteiger partial charge >= 0.3 is 0 Å². The molecule has 1 amide bonds. The number of rotatable bonds is 6. The normalized spacial score (nSPS) is 17.9. The molecule has 1 saturated heterocycles. The molecule has 148 valence electrons. The van der Waals surface area contributed by atoms with Gasteiger partial charge in [0.2, 0.25) is 10.0 Å². The van der Waals surface area contributed by atoms with Gasteiger partial charge in [0.25, 0.3) is 5.91 Å². The number of aromatic nitrogens is 2. The van der Waals surface area contributed by atoms with Crippen LogP contribution >= 0.6 is 12.4 Å². The first-order chi connectivity index (χ1) is 12.5. The van der Waals surface area contributed by atoms with Crippen LogP contribution in [-0.4, -0.2) is 60.6 Å². The lowest BCUT2D eigenvalue weighted by molar-refractivity contribution is 0.0951. The summed E-state index contributed by atoms with van der Waals surface area (Å²) < 4.78 is 29.0. The van der Waals surface area contributed by atoms with Gasteiger partial charge in [-0.25, -0.2) is 8.42 Å². The summed E-state index contributed by atoms with van der Waals surface area (Å²) >= 11 is 0. The fourth-order valence-electron chi connectivity index (χ4n) is 2.93. The van der Waals surface area contributed by atoms with Crippen LogP contribution in [-0.2, 0) is 16.6 Å². The molecule has 0 unspecified atom stereocenters. The van der Waals surface area contributed by atoms with Crippen LogP contribution in [0.5, 0.6) is 0 Å². The first-order valence-electron chi connectivity index (χ1n) is 8.57. The van der Waals surface area contributed by atoms with Gasteiger partial charge in [-0.1, -0.05) is 6.07 Å². The summed E-state index contributed by atoms with van der Waals surface area (Å²) in [7, 11) is -3.62. The number of carbonyl (C=O) groups excluding carboxylic acids is 1. The Bertz CT molecular complexity index is 857. The number of hydrogen-bond acceptors (Lipinski definition) is 5. The lowest BCUT2D eigenvalue weighted by Crippen LogP contribution is -2.52. The van der Waals surface area contributed by atoms with Gasteiger partial charge in [0, 0.05) is 50.2 Å². The monoisotopic (exact) mass is 413 g/mol. The molecule has 1 fully saturated rings. The summed E-state index contributed by atoms with van der Waals surface area (Å²) in [6, 6.07) is 7.87. The van der Waals surface area contributed by atoms with Crippen molar-refractivity contribution in [2.75, 3.05) is 26.2 Å². The van der Waals surface area contributed by atoms with Crippen LogP contribution in [0, 0.1) is 0 Å². The second kappa shape index (κ2) is 9.32. The Balaban J connectivity index is 0.00000261. The first kappa shape index (κ1) is 21.4. The smallest absolute Gasteiger partial charge is 0.251 e. The van der Waals surface area contributed by atoms with E-state index in [0.717, 1.165) is 0 Å². The van der Waals surface area contributed by atoms with Crippen LogP contribution in [0.3, 0.4) is 0 Å². The minimum absolute atomic E-state index is 0. The number of benzene rings is 1. The van der Waals surface area contributed by atoms with Gasteiger partial charge in [-0.15, -0.1) is 12.4 Å². The van der Waals surface area contributed by atoms with E-state index in [9.17, 15) is 13.2 Å². The highest BCUT2D eigenvalue weighted by molar-refractivity contribution is 7.89. The lowest BCUT2D eigenvalue weighted by atomic mass is 10.2. The van der Waals surface area contributed by atoms with E-state index in [1.807, 2.05) is 19.2 Å². The Morgan fingerprint density at radius 2 is 2.19 bits per heavy atom. The number of piperazine rings is 1. The maximum atomic E-state index is 12.9. The van der Waals surface area contributed by atoms with Crippen molar-refractivity contribution in [2.45, 2.75) is 24.4 Å². The van der Waals surface area contributed by atoms with E-state index >= 15 is 0 Å². The molecule has 2 heterocycles. The fourth-order valence-corrected chi connectivity index (χ4v) is 4.61. The van der Waals surface area contributed by atoms with Crippen molar-refractivity contribution >= 4 is 28.3 Å².